The van der Waals surface area contributed by atoms with Crippen molar-refractivity contribution in [3.63, 3.8) is 0 Å². The Labute approximate surface area is 186 Å². The summed E-state index contributed by atoms with van der Waals surface area (Å²) < 4.78 is 0. The molecule has 0 bridgehead atoms. The summed E-state index contributed by atoms with van der Waals surface area (Å²) in [5, 5.41) is 10.5. The Balaban J connectivity index is 2.25. The van der Waals surface area contributed by atoms with Crippen LogP contribution in [0.3, 0.4) is 0 Å². The van der Waals surface area contributed by atoms with Crippen LogP contribution in [0.25, 0.3) is 0 Å². The van der Waals surface area contributed by atoms with E-state index in [0.717, 1.165) is 36.2 Å². The fourth-order valence-electron chi connectivity index (χ4n) is 3.58. The van der Waals surface area contributed by atoms with Crippen molar-refractivity contribution in [2.24, 2.45) is 11.8 Å². The highest BCUT2D eigenvalue weighted by Gasteiger charge is 2.20. The molecule has 0 spiro atoms. The molecule has 6 heteroatoms. The number of anilines is 2. The Kier molecular flexibility index (Phi) is 8.82. The summed E-state index contributed by atoms with van der Waals surface area (Å²) in [7, 11) is 3.73. The van der Waals surface area contributed by atoms with E-state index in [1.165, 1.54) is 11.1 Å². The summed E-state index contributed by atoms with van der Waals surface area (Å²) in [4.78, 5) is 6.18. The van der Waals surface area contributed by atoms with Crippen molar-refractivity contribution >= 4 is 17.2 Å². The molecule has 2 rings (SSSR count). The molecule has 1 aliphatic rings. The molecular formula is C25H36N6. The molecule has 31 heavy (non-hydrogen) atoms. The number of nitrogens with two attached hydrogens (primary N) is 2. The topological polar surface area (TPSA) is 95.3 Å². The zero-order chi connectivity index (χ0) is 23.0. The van der Waals surface area contributed by atoms with Crippen molar-refractivity contribution in [3.8, 4) is 0 Å². The molecule has 166 valence electrons. The van der Waals surface area contributed by atoms with Gasteiger partial charge in [0.1, 0.15) is 5.82 Å². The van der Waals surface area contributed by atoms with Crippen LogP contribution in [-0.4, -0.2) is 29.8 Å². The van der Waals surface area contributed by atoms with E-state index in [9.17, 15) is 0 Å². The van der Waals surface area contributed by atoms with Crippen LogP contribution in [0.5, 0.6) is 0 Å². The Hall–Kier alpha value is -3.12. The van der Waals surface area contributed by atoms with Crippen molar-refractivity contribution in [2.75, 3.05) is 24.7 Å². The minimum atomic E-state index is 0.0689. The van der Waals surface area contributed by atoms with Crippen LogP contribution < -0.4 is 16.5 Å². The Bertz CT molecular complexity index is 933. The zero-order valence-electron chi connectivity index (χ0n) is 19.4. The standard InChI is InChI=1S/C25H36N6/c1-6-21(31(5)28)17-30(4)24-22(15-16-29-25(24)27)23(26)19(3)13-14-20-12-10-8-7-9-11-18(20)2/h7-12,15-17,19,26H,6,13-14,28H2,1-5H3,(H2,27,29). The van der Waals surface area contributed by atoms with E-state index in [1.807, 2.05) is 50.3 Å². The molecule has 0 saturated heterocycles. The number of rotatable bonds is 9. The van der Waals surface area contributed by atoms with Gasteiger partial charge in [0.25, 0.3) is 0 Å². The predicted molar refractivity (Wildman–Crippen MR) is 133 cm³/mol. The van der Waals surface area contributed by atoms with E-state index in [4.69, 9.17) is 17.0 Å². The number of hydrogen-bond acceptors (Lipinski definition) is 6. The summed E-state index contributed by atoms with van der Waals surface area (Å²) in [6.07, 6.45) is 18.7. The number of nitrogens with one attached hydrogen (secondary N) is 1. The minimum absolute atomic E-state index is 0.0689. The molecule has 0 radical (unpaired) electrons. The van der Waals surface area contributed by atoms with E-state index in [2.05, 4.69) is 43.1 Å². The zero-order valence-corrected chi connectivity index (χ0v) is 19.4. The first-order chi connectivity index (χ1) is 14.8. The lowest BCUT2D eigenvalue weighted by Crippen LogP contribution is -2.27. The second-order valence-electron chi connectivity index (χ2n) is 7.95. The quantitative estimate of drug-likeness (QED) is 0.299. The van der Waals surface area contributed by atoms with Gasteiger partial charge in [0.15, 0.2) is 0 Å². The number of nitrogen functional groups attached to an aromatic ring is 1. The molecule has 0 aliphatic heterocycles. The molecule has 1 atom stereocenters. The van der Waals surface area contributed by atoms with Crippen molar-refractivity contribution in [1.29, 1.82) is 5.41 Å². The number of hydrogen-bond donors (Lipinski definition) is 3. The van der Waals surface area contributed by atoms with Crippen molar-refractivity contribution in [1.82, 2.24) is 9.99 Å². The van der Waals surface area contributed by atoms with E-state index in [1.54, 1.807) is 11.2 Å². The van der Waals surface area contributed by atoms with E-state index < -0.39 is 0 Å². The molecule has 1 aromatic heterocycles. The molecular weight excluding hydrogens is 384 g/mol. The van der Waals surface area contributed by atoms with Gasteiger partial charge in [-0.1, -0.05) is 50.3 Å². The summed E-state index contributed by atoms with van der Waals surface area (Å²) in [5.41, 5.74) is 11.9. The molecule has 1 aromatic rings. The van der Waals surface area contributed by atoms with Gasteiger partial charge in [-0.15, -0.1) is 0 Å². The van der Waals surface area contributed by atoms with Crippen LogP contribution in [0, 0.1) is 11.3 Å². The van der Waals surface area contributed by atoms with Crippen molar-refractivity contribution in [3.05, 3.63) is 77.3 Å². The number of allylic oxidation sites excluding steroid dienone is 9. The smallest absolute Gasteiger partial charge is 0.147 e. The van der Waals surface area contributed by atoms with Gasteiger partial charge in [-0.05, 0) is 49.3 Å². The van der Waals surface area contributed by atoms with Crippen LogP contribution >= 0.6 is 0 Å². The van der Waals surface area contributed by atoms with Crippen LogP contribution in [0.15, 0.2) is 71.8 Å². The first kappa shape index (κ1) is 24.2. The highest BCUT2D eigenvalue weighted by Crippen LogP contribution is 2.30. The number of aromatic nitrogens is 1. The van der Waals surface area contributed by atoms with E-state index in [0.29, 0.717) is 11.5 Å². The maximum Gasteiger partial charge on any atom is 0.147 e. The fourth-order valence-corrected chi connectivity index (χ4v) is 3.58. The van der Waals surface area contributed by atoms with Gasteiger partial charge in [0, 0.05) is 43.5 Å². The lowest BCUT2D eigenvalue weighted by molar-refractivity contribution is 0.425. The van der Waals surface area contributed by atoms with Gasteiger partial charge in [0.2, 0.25) is 0 Å². The average molecular weight is 421 g/mol. The molecule has 1 heterocycles. The molecule has 6 nitrogen and oxygen atoms in total. The third kappa shape index (κ3) is 6.43. The molecule has 0 aromatic carbocycles. The SMILES string of the molecule is CCC(=CN(C)c1c(C(=N)C(C)CCC2=C(C)C=CC=CC=C2)ccnc1N)N(C)N. The molecule has 0 fully saturated rings. The number of hydrazine groups is 1. The second-order valence-corrected chi connectivity index (χ2v) is 7.95. The second kappa shape index (κ2) is 11.3. The summed E-state index contributed by atoms with van der Waals surface area (Å²) in [5.74, 6) is 6.40. The largest absolute Gasteiger partial charge is 0.382 e. The van der Waals surface area contributed by atoms with Gasteiger partial charge in [-0.2, -0.15) is 0 Å². The Morgan fingerprint density at radius 1 is 1.19 bits per heavy atom. The van der Waals surface area contributed by atoms with Gasteiger partial charge in [-0.25, -0.2) is 10.8 Å². The van der Waals surface area contributed by atoms with Gasteiger partial charge >= 0.3 is 0 Å². The van der Waals surface area contributed by atoms with Gasteiger partial charge < -0.3 is 21.1 Å². The lowest BCUT2D eigenvalue weighted by atomic mass is 9.90. The van der Waals surface area contributed by atoms with Gasteiger partial charge in [0.05, 0.1) is 5.69 Å². The van der Waals surface area contributed by atoms with Crippen LogP contribution in [0.2, 0.25) is 0 Å². The minimum Gasteiger partial charge on any atom is -0.382 e. The molecule has 0 saturated carbocycles. The summed E-state index contributed by atoms with van der Waals surface area (Å²) in [6, 6.07) is 1.88. The maximum absolute atomic E-state index is 8.90. The number of nitrogens with zero attached hydrogens (tertiary/aromatic N) is 3. The highest BCUT2D eigenvalue weighted by molar-refractivity contribution is 6.06. The first-order valence-corrected chi connectivity index (χ1v) is 10.7. The molecule has 1 unspecified atom stereocenters. The van der Waals surface area contributed by atoms with Crippen molar-refractivity contribution < 1.29 is 0 Å². The van der Waals surface area contributed by atoms with Crippen LogP contribution in [-0.2, 0) is 0 Å². The monoisotopic (exact) mass is 420 g/mol. The summed E-state index contributed by atoms with van der Waals surface area (Å²) in [6.45, 7) is 6.28. The first-order valence-electron chi connectivity index (χ1n) is 10.7. The van der Waals surface area contributed by atoms with Gasteiger partial charge in [-0.3, -0.25) is 0 Å². The molecule has 5 N–H and O–H groups in total. The molecule has 0 amide bonds. The Morgan fingerprint density at radius 3 is 2.52 bits per heavy atom. The summed E-state index contributed by atoms with van der Waals surface area (Å²) >= 11 is 0. The van der Waals surface area contributed by atoms with Crippen molar-refractivity contribution in [2.45, 2.75) is 40.0 Å². The third-order valence-corrected chi connectivity index (χ3v) is 5.58. The predicted octanol–water partition coefficient (Wildman–Crippen LogP) is 4.94. The highest BCUT2D eigenvalue weighted by atomic mass is 15.4. The Morgan fingerprint density at radius 2 is 1.87 bits per heavy atom. The van der Waals surface area contributed by atoms with Crippen LogP contribution in [0.1, 0.15) is 45.6 Å². The third-order valence-electron chi connectivity index (χ3n) is 5.58. The average Bonchev–Trinajstić information content (AvgIpc) is 2.73. The fraction of sp³-hybridized carbons (Fsp3) is 0.360. The van der Waals surface area contributed by atoms with E-state index >= 15 is 0 Å². The van der Waals surface area contributed by atoms with Crippen LogP contribution in [0.4, 0.5) is 11.5 Å². The molecule has 1 aliphatic carbocycles. The van der Waals surface area contributed by atoms with E-state index in [-0.39, 0.29) is 5.92 Å². The number of pyridine rings is 1. The normalized spacial score (nSPS) is 15.0. The lowest BCUT2D eigenvalue weighted by Gasteiger charge is -2.25. The maximum atomic E-state index is 8.90.